The van der Waals surface area contributed by atoms with E-state index in [9.17, 15) is 10.2 Å². The van der Waals surface area contributed by atoms with Crippen LogP contribution in [0.25, 0.3) is 0 Å². The molecule has 1 aromatic carbocycles. The van der Waals surface area contributed by atoms with Crippen LogP contribution >= 0.6 is 15.9 Å². The molecule has 0 saturated carbocycles. The summed E-state index contributed by atoms with van der Waals surface area (Å²) in [7, 11) is 0. The van der Waals surface area contributed by atoms with Gasteiger partial charge in [0, 0.05) is 16.6 Å². The minimum atomic E-state index is -0.913. The van der Waals surface area contributed by atoms with E-state index in [2.05, 4.69) is 15.9 Å². The highest BCUT2D eigenvalue weighted by Crippen LogP contribution is 2.27. The van der Waals surface area contributed by atoms with E-state index in [-0.39, 0.29) is 0 Å². The molecule has 0 fully saturated rings. The van der Waals surface area contributed by atoms with Crippen molar-refractivity contribution in [2.45, 2.75) is 25.6 Å². The third kappa shape index (κ3) is 2.93. The van der Waals surface area contributed by atoms with Crippen LogP contribution in [-0.4, -0.2) is 21.6 Å². The summed E-state index contributed by atoms with van der Waals surface area (Å²) in [5.74, 6) is 0. The lowest BCUT2D eigenvalue weighted by atomic mass is 9.96. The topological polar surface area (TPSA) is 66.5 Å². The van der Waals surface area contributed by atoms with Crippen LogP contribution in [0, 0.1) is 6.92 Å². The number of halogens is 1. The van der Waals surface area contributed by atoms with E-state index in [0.29, 0.717) is 23.0 Å². The largest absolute Gasteiger partial charge is 0.398 e. The van der Waals surface area contributed by atoms with Crippen LogP contribution in [0.5, 0.6) is 0 Å². The maximum absolute atomic E-state index is 9.93. The van der Waals surface area contributed by atoms with E-state index in [1.807, 2.05) is 19.1 Å². The SMILES string of the molecule is Cc1cccc(N)c1C(O)C(O)CCBr. The zero-order chi connectivity index (χ0) is 11.4. The van der Waals surface area contributed by atoms with Crippen LogP contribution in [0.15, 0.2) is 18.2 Å². The van der Waals surface area contributed by atoms with E-state index < -0.39 is 12.2 Å². The van der Waals surface area contributed by atoms with E-state index in [4.69, 9.17) is 5.73 Å². The maximum atomic E-state index is 9.93. The Morgan fingerprint density at radius 1 is 1.40 bits per heavy atom. The highest BCUT2D eigenvalue weighted by Gasteiger charge is 2.21. The molecule has 0 radical (unpaired) electrons. The molecule has 15 heavy (non-hydrogen) atoms. The minimum Gasteiger partial charge on any atom is -0.398 e. The number of benzene rings is 1. The molecule has 0 aliphatic rings. The van der Waals surface area contributed by atoms with Crippen LogP contribution in [0.3, 0.4) is 0 Å². The molecular weight excluding hydrogens is 258 g/mol. The monoisotopic (exact) mass is 273 g/mol. The van der Waals surface area contributed by atoms with Gasteiger partial charge in [0.05, 0.1) is 6.10 Å². The zero-order valence-corrected chi connectivity index (χ0v) is 10.2. The Morgan fingerprint density at radius 2 is 2.07 bits per heavy atom. The molecule has 4 N–H and O–H groups in total. The molecule has 0 bridgehead atoms. The van der Waals surface area contributed by atoms with Crippen molar-refractivity contribution >= 4 is 21.6 Å². The van der Waals surface area contributed by atoms with Crippen LogP contribution in [0.2, 0.25) is 0 Å². The first-order valence-electron chi connectivity index (χ1n) is 4.85. The Balaban J connectivity index is 2.94. The Bertz CT molecular complexity index is 310. The number of nitrogen functional groups attached to an aromatic ring is 1. The molecule has 1 aromatic rings. The third-order valence-corrected chi connectivity index (χ3v) is 2.88. The normalized spacial score (nSPS) is 14.9. The molecule has 4 heteroatoms. The van der Waals surface area contributed by atoms with Gasteiger partial charge in [-0.05, 0) is 25.0 Å². The first-order chi connectivity index (χ1) is 7.07. The average Bonchev–Trinajstić information content (AvgIpc) is 2.17. The molecule has 0 saturated heterocycles. The zero-order valence-electron chi connectivity index (χ0n) is 8.65. The average molecular weight is 274 g/mol. The summed E-state index contributed by atoms with van der Waals surface area (Å²) < 4.78 is 0. The van der Waals surface area contributed by atoms with Gasteiger partial charge in [0.1, 0.15) is 6.10 Å². The minimum absolute atomic E-state index is 0.495. The van der Waals surface area contributed by atoms with Gasteiger partial charge >= 0.3 is 0 Å². The summed E-state index contributed by atoms with van der Waals surface area (Å²) in [6, 6.07) is 5.43. The highest BCUT2D eigenvalue weighted by atomic mass is 79.9. The third-order valence-electron chi connectivity index (χ3n) is 2.42. The van der Waals surface area contributed by atoms with Gasteiger partial charge in [-0.25, -0.2) is 0 Å². The quantitative estimate of drug-likeness (QED) is 0.579. The number of hydrogen-bond acceptors (Lipinski definition) is 3. The number of rotatable bonds is 4. The van der Waals surface area contributed by atoms with Gasteiger partial charge in [0.2, 0.25) is 0 Å². The van der Waals surface area contributed by atoms with Gasteiger partial charge in [0.25, 0.3) is 0 Å². The summed E-state index contributed by atoms with van der Waals surface area (Å²) in [5, 5.41) is 20.3. The van der Waals surface area contributed by atoms with Crippen molar-refractivity contribution in [3.63, 3.8) is 0 Å². The molecular formula is C11H16BrNO2. The Morgan fingerprint density at radius 3 is 2.60 bits per heavy atom. The van der Waals surface area contributed by atoms with Crippen molar-refractivity contribution in [1.29, 1.82) is 0 Å². The van der Waals surface area contributed by atoms with Gasteiger partial charge in [-0.2, -0.15) is 0 Å². The number of anilines is 1. The Hall–Kier alpha value is -0.580. The molecule has 0 heterocycles. The fraction of sp³-hybridized carbons (Fsp3) is 0.455. The summed E-state index contributed by atoms with van der Waals surface area (Å²) in [4.78, 5) is 0. The number of aliphatic hydroxyl groups is 2. The second-order valence-corrected chi connectivity index (χ2v) is 4.36. The molecule has 0 spiro atoms. The first kappa shape index (κ1) is 12.5. The van der Waals surface area contributed by atoms with Crippen molar-refractivity contribution in [2.75, 3.05) is 11.1 Å². The second-order valence-electron chi connectivity index (χ2n) is 3.57. The van der Waals surface area contributed by atoms with E-state index in [1.54, 1.807) is 6.07 Å². The molecule has 0 amide bonds. The van der Waals surface area contributed by atoms with Gasteiger partial charge in [-0.1, -0.05) is 28.1 Å². The number of alkyl halides is 1. The van der Waals surface area contributed by atoms with Gasteiger partial charge in [-0.15, -0.1) is 0 Å². The van der Waals surface area contributed by atoms with E-state index in [0.717, 1.165) is 5.56 Å². The van der Waals surface area contributed by atoms with Crippen LogP contribution < -0.4 is 5.73 Å². The molecule has 0 aliphatic heterocycles. The van der Waals surface area contributed by atoms with Crippen molar-refractivity contribution in [2.24, 2.45) is 0 Å². The molecule has 84 valence electrons. The number of nitrogens with two attached hydrogens (primary N) is 1. The standard InChI is InChI=1S/C11H16BrNO2/c1-7-3-2-4-8(13)10(7)11(15)9(14)5-6-12/h2-4,9,11,14-15H,5-6,13H2,1H3. The van der Waals surface area contributed by atoms with Crippen molar-refractivity contribution in [3.8, 4) is 0 Å². The predicted molar refractivity (Wildman–Crippen MR) is 65.0 cm³/mol. The molecule has 2 atom stereocenters. The lowest BCUT2D eigenvalue weighted by molar-refractivity contribution is 0.0174. The Kier molecular flexibility index (Phi) is 4.57. The van der Waals surface area contributed by atoms with Crippen molar-refractivity contribution < 1.29 is 10.2 Å². The van der Waals surface area contributed by atoms with Gasteiger partial charge in [0.15, 0.2) is 0 Å². The van der Waals surface area contributed by atoms with Crippen LogP contribution in [0.1, 0.15) is 23.7 Å². The fourth-order valence-electron chi connectivity index (χ4n) is 1.57. The van der Waals surface area contributed by atoms with Gasteiger partial charge < -0.3 is 15.9 Å². The van der Waals surface area contributed by atoms with Crippen molar-refractivity contribution in [3.05, 3.63) is 29.3 Å². The van der Waals surface area contributed by atoms with Crippen molar-refractivity contribution in [1.82, 2.24) is 0 Å². The fourth-order valence-corrected chi connectivity index (χ4v) is 2.04. The summed E-state index contributed by atoms with van der Waals surface area (Å²) in [5.41, 5.74) is 7.83. The number of aryl methyl sites for hydroxylation is 1. The smallest absolute Gasteiger partial charge is 0.107 e. The lowest BCUT2D eigenvalue weighted by Gasteiger charge is -2.20. The van der Waals surface area contributed by atoms with Crippen LogP contribution in [0.4, 0.5) is 5.69 Å². The summed E-state index contributed by atoms with van der Waals surface area (Å²) in [6.45, 7) is 1.87. The molecule has 2 unspecified atom stereocenters. The summed E-state index contributed by atoms with van der Waals surface area (Å²) >= 11 is 3.23. The van der Waals surface area contributed by atoms with E-state index in [1.165, 1.54) is 0 Å². The number of aliphatic hydroxyl groups excluding tert-OH is 2. The molecule has 0 aromatic heterocycles. The highest BCUT2D eigenvalue weighted by molar-refractivity contribution is 9.09. The predicted octanol–water partition coefficient (Wildman–Crippen LogP) is 1.76. The molecule has 3 nitrogen and oxygen atoms in total. The summed E-state index contributed by atoms with van der Waals surface area (Å²) in [6.07, 6.45) is -1.20. The second kappa shape index (κ2) is 5.49. The molecule has 1 rings (SSSR count). The first-order valence-corrected chi connectivity index (χ1v) is 5.97. The molecule has 0 aliphatic carbocycles. The van der Waals surface area contributed by atoms with Gasteiger partial charge in [-0.3, -0.25) is 0 Å². The van der Waals surface area contributed by atoms with E-state index >= 15 is 0 Å². The maximum Gasteiger partial charge on any atom is 0.107 e. The lowest BCUT2D eigenvalue weighted by Crippen LogP contribution is -2.20. The Labute approximate surface area is 98.1 Å². The number of hydrogen-bond donors (Lipinski definition) is 3. The van der Waals surface area contributed by atoms with Crippen LogP contribution in [-0.2, 0) is 0 Å².